The zero-order chi connectivity index (χ0) is 9.14. The minimum absolute atomic E-state index is 0.0735. The minimum atomic E-state index is 0.0735. The Hall–Kier alpha value is -0.830. The molecule has 1 saturated heterocycles. The second kappa shape index (κ2) is 3.72. The third-order valence-electron chi connectivity index (χ3n) is 1.81. The molecule has 0 bridgehead atoms. The summed E-state index contributed by atoms with van der Waals surface area (Å²) < 4.78 is 0. The zero-order valence-corrected chi connectivity index (χ0v) is 7.68. The van der Waals surface area contributed by atoms with E-state index >= 15 is 0 Å². The van der Waals surface area contributed by atoms with E-state index in [4.69, 9.17) is 0 Å². The molecule has 3 nitrogen and oxygen atoms in total. The fourth-order valence-electron chi connectivity index (χ4n) is 1.48. The zero-order valence-electron chi connectivity index (χ0n) is 7.68. The van der Waals surface area contributed by atoms with E-state index < -0.39 is 0 Å². The highest BCUT2D eigenvalue weighted by molar-refractivity contribution is 5.79. The molecule has 0 aliphatic carbocycles. The highest BCUT2D eigenvalue weighted by atomic mass is 16.1. The Morgan fingerprint density at radius 3 is 2.75 bits per heavy atom. The Balaban J connectivity index is 2.44. The summed E-state index contributed by atoms with van der Waals surface area (Å²) in [6.07, 6.45) is 1.42. The quantitative estimate of drug-likeness (QED) is 0.639. The predicted molar refractivity (Wildman–Crippen MR) is 48.6 cm³/mol. The molecular weight excluding hydrogens is 152 g/mol. The topological polar surface area (TPSA) is 41.1 Å². The summed E-state index contributed by atoms with van der Waals surface area (Å²) in [5, 5.41) is 6.03. The number of hydrogen-bond acceptors (Lipinski definition) is 2. The van der Waals surface area contributed by atoms with E-state index in [1.54, 1.807) is 0 Å². The van der Waals surface area contributed by atoms with Crippen molar-refractivity contribution in [3.63, 3.8) is 0 Å². The monoisotopic (exact) mass is 168 g/mol. The van der Waals surface area contributed by atoms with Gasteiger partial charge in [0.15, 0.2) is 0 Å². The smallest absolute Gasteiger partial charge is 0.225 e. The van der Waals surface area contributed by atoms with Crippen molar-refractivity contribution in [3.8, 4) is 0 Å². The second-order valence-corrected chi connectivity index (χ2v) is 3.58. The van der Waals surface area contributed by atoms with E-state index in [9.17, 15) is 4.79 Å². The third-order valence-corrected chi connectivity index (χ3v) is 1.81. The van der Waals surface area contributed by atoms with Crippen LogP contribution in [0, 0.1) is 0 Å². The first-order chi connectivity index (χ1) is 5.58. The summed E-state index contributed by atoms with van der Waals surface area (Å²) in [6, 6.07) is 0.694. The second-order valence-electron chi connectivity index (χ2n) is 3.58. The lowest BCUT2D eigenvalue weighted by molar-refractivity contribution is -0.121. The Morgan fingerprint density at radius 1 is 1.58 bits per heavy atom. The summed E-state index contributed by atoms with van der Waals surface area (Å²) in [5.74, 6) is 0.0735. The first-order valence-electron chi connectivity index (χ1n) is 4.31. The van der Waals surface area contributed by atoms with Gasteiger partial charge in [-0.2, -0.15) is 0 Å². The molecule has 1 amide bonds. The molecule has 12 heavy (non-hydrogen) atoms. The molecule has 2 N–H and O–H groups in total. The fourth-order valence-corrected chi connectivity index (χ4v) is 1.48. The van der Waals surface area contributed by atoms with Gasteiger partial charge < -0.3 is 10.6 Å². The highest BCUT2D eigenvalue weighted by Crippen LogP contribution is 2.11. The minimum Gasteiger partial charge on any atom is -0.330 e. The van der Waals surface area contributed by atoms with Crippen molar-refractivity contribution in [1.82, 2.24) is 10.6 Å². The maximum absolute atomic E-state index is 11.1. The van der Waals surface area contributed by atoms with Crippen LogP contribution in [0.4, 0.5) is 0 Å². The van der Waals surface area contributed by atoms with Crippen molar-refractivity contribution >= 4 is 5.91 Å². The van der Waals surface area contributed by atoms with Gasteiger partial charge in [-0.15, -0.1) is 0 Å². The van der Waals surface area contributed by atoms with Crippen LogP contribution in [0.15, 0.2) is 12.3 Å². The highest BCUT2D eigenvalue weighted by Gasteiger charge is 2.21. The van der Waals surface area contributed by atoms with E-state index in [-0.39, 0.29) is 11.9 Å². The van der Waals surface area contributed by atoms with Crippen molar-refractivity contribution < 1.29 is 4.79 Å². The van der Waals surface area contributed by atoms with Crippen LogP contribution in [0.2, 0.25) is 0 Å². The van der Waals surface area contributed by atoms with Gasteiger partial charge in [0, 0.05) is 30.6 Å². The molecule has 0 aromatic carbocycles. The summed E-state index contributed by atoms with van der Waals surface area (Å²) in [4.78, 5) is 11.1. The van der Waals surface area contributed by atoms with Crippen LogP contribution in [-0.4, -0.2) is 18.0 Å². The van der Waals surface area contributed by atoms with E-state index in [1.807, 2.05) is 0 Å². The van der Waals surface area contributed by atoms with Gasteiger partial charge in [-0.3, -0.25) is 4.79 Å². The van der Waals surface area contributed by atoms with Crippen LogP contribution in [0.3, 0.4) is 0 Å². The Labute approximate surface area is 73.2 Å². The normalized spacial score (nSPS) is 24.4. The van der Waals surface area contributed by atoms with E-state index in [1.165, 1.54) is 0 Å². The molecule has 1 atom stereocenters. The van der Waals surface area contributed by atoms with Gasteiger partial charge in [-0.1, -0.05) is 20.4 Å². The van der Waals surface area contributed by atoms with Crippen LogP contribution in [0.1, 0.15) is 26.7 Å². The maximum Gasteiger partial charge on any atom is 0.225 e. The molecule has 0 aromatic rings. The molecule has 1 unspecified atom stereocenters. The molecule has 1 rings (SSSR count). The van der Waals surface area contributed by atoms with E-state index in [0.717, 1.165) is 12.1 Å². The molecule has 68 valence electrons. The Kier molecular flexibility index (Phi) is 2.87. The van der Waals surface area contributed by atoms with E-state index in [0.29, 0.717) is 12.5 Å². The molecule has 1 aliphatic heterocycles. The van der Waals surface area contributed by atoms with Crippen molar-refractivity contribution in [2.45, 2.75) is 38.8 Å². The first-order valence-corrected chi connectivity index (χ1v) is 4.31. The maximum atomic E-state index is 11.1. The first kappa shape index (κ1) is 9.26. The predicted octanol–water partition coefficient (Wildman–Crippen LogP) is 0.777. The van der Waals surface area contributed by atoms with Crippen molar-refractivity contribution in [2.24, 2.45) is 0 Å². The van der Waals surface area contributed by atoms with E-state index in [2.05, 4.69) is 31.1 Å². The van der Waals surface area contributed by atoms with Crippen LogP contribution in [0.5, 0.6) is 0 Å². The number of amides is 1. The molecule has 1 heterocycles. The lowest BCUT2D eigenvalue weighted by atomic mass is 10.0. The largest absolute Gasteiger partial charge is 0.330 e. The van der Waals surface area contributed by atoms with Gasteiger partial charge in [-0.25, -0.2) is 0 Å². The lowest BCUT2D eigenvalue weighted by Gasteiger charge is -2.26. The third kappa shape index (κ3) is 2.66. The van der Waals surface area contributed by atoms with Crippen molar-refractivity contribution in [1.29, 1.82) is 0 Å². The van der Waals surface area contributed by atoms with Crippen LogP contribution >= 0.6 is 0 Å². The average Bonchev–Trinajstić information content (AvgIpc) is 1.81. The molecule has 0 saturated carbocycles. The Bertz CT molecular complexity index is 183. The van der Waals surface area contributed by atoms with Gasteiger partial charge in [-0.05, 0) is 0 Å². The Morgan fingerprint density at radius 2 is 2.25 bits per heavy atom. The molecule has 0 aromatic heterocycles. The van der Waals surface area contributed by atoms with Crippen molar-refractivity contribution in [3.05, 3.63) is 12.3 Å². The number of carbonyl (C=O) groups is 1. The SMILES string of the molecule is C=C1CC(NC(C)C)CC(=O)N1. The van der Waals surface area contributed by atoms with Gasteiger partial charge in [0.25, 0.3) is 0 Å². The summed E-state index contributed by atoms with van der Waals surface area (Å²) in [6.45, 7) is 7.91. The molecule has 3 heteroatoms. The molecule has 0 spiro atoms. The fraction of sp³-hybridized carbons (Fsp3) is 0.667. The van der Waals surface area contributed by atoms with Crippen LogP contribution in [-0.2, 0) is 4.79 Å². The summed E-state index contributed by atoms with van der Waals surface area (Å²) in [7, 11) is 0. The van der Waals surface area contributed by atoms with Gasteiger partial charge >= 0.3 is 0 Å². The number of hydrogen-bond donors (Lipinski definition) is 2. The van der Waals surface area contributed by atoms with Crippen LogP contribution in [0.25, 0.3) is 0 Å². The van der Waals surface area contributed by atoms with Gasteiger partial charge in [0.05, 0.1) is 0 Å². The molecule has 1 aliphatic rings. The van der Waals surface area contributed by atoms with Crippen LogP contribution < -0.4 is 10.6 Å². The van der Waals surface area contributed by atoms with Gasteiger partial charge in [0.2, 0.25) is 5.91 Å². The summed E-state index contributed by atoms with van der Waals surface area (Å²) >= 11 is 0. The van der Waals surface area contributed by atoms with Gasteiger partial charge in [0.1, 0.15) is 0 Å². The number of carbonyl (C=O) groups excluding carboxylic acids is 1. The molecular formula is C9H16N2O. The molecule has 0 radical (unpaired) electrons. The summed E-state index contributed by atoms with van der Waals surface area (Å²) in [5.41, 5.74) is 0.824. The van der Waals surface area contributed by atoms with Crippen molar-refractivity contribution in [2.75, 3.05) is 0 Å². The lowest BCUT2D eigenvalue weighted by Crippen LogP contribution is -2.44. The standard InChI is InChI=1S/C9H16N2O/c1-6(2)10-8-4-7(3)11-9(12)5-8/h6,8,10H,3-5H2,1-2H3,(H,11,12). The number of piperidine rings is 1. The number of rotatable bonds is 2. The number of nitrogens with one attached hydrogen (secondary N) is 2. The molecule has 1 fully saturated rings. The average molecular weight is 168 g/mol.